The molecule has 0 aliphatic heterocycles. The van der Waals surface area contributed by atoms with E-state index in [0.29, 0.717) is 6.54 Å². The summed E-state index contributed by atoms with van der Waals surface area (Å²) in [6, 6.07) is 8.04. The fourth-order valence-electron chi connectivity index (χ4n) is 1.56. The Morgan fingerprint density at radius 3 is 2.12 bits per heavy atom. The van der Waals surface area contributed by atoms with Crippen LogP contribution in [0.1, 0.15) is 0 Å². The first-order chi connectivity index (χ1) is 7.75. The lowest BCUT2D eigenvalue weighted by atomic mass is 10.1. The predicted octanol–water partition coefficient (Wildman–Crippen LogP) is 0.280. The quantitative estimate of drug-likeness (QED) is 0.571. The van der Waals surface area contributed by atoms with E-state index >= 15 is 0 Å². The van der Waals surface area contributed by atoms with Crippen molar-refractivity contribution >= 4 is 0 Å². The summed E-state index contributed by atoms with van der Waals surface area (Å²) >= 11 is 0. The summed E-state index contributed by atoms with van der Waals surface area (Å²) in [5.74, 6) is 0. The molecule has 2 rings (SSSR count). The zero-order valence-electron chi connectivity index (χ0n) is 8.95. The van der Waals surface area contributed by atoms with Gasteiger partial charge in [-0.15, -0.1) is 0 Å². The molecule has 4 nitrogen and oxygen atoms in total. The number of pyridine rings is 2. The maximum absolute atomic E-state index is 5.52. The van der Waals surface area contributed by atoms with Crippen molar-refractivity contribution in [3.8, 4) is 11.1 Å². The van der Waals surface area contributed by atoms with E-state index in [1.807, 2.05) is 41.2 Å². The average molecular weight is 215 g/mol. The number of aromatic nitrogens is 2. The molecule has 0 spiro atoms. The van der Waals surface area contributed by atoms with Crippen molar-refractivity contribution in [3.05, 3.63) is 49.1 Å². The van der Waals surface area contributed by atoms with Gasteiger partial charge in [-0.25, -0.2) is 4.57 Å². The smallest absolute Gasteiger partial charge is 0.176 e. The second-order valence-corrected chi connectivity index (χ2v) is 3.68. The SMILES string of the molecule is NC(N)C[n+]1ccc(-c2ccncc2)cc1. The molecule has 2 aromatic rings. The highest BCUT2D eigenvalue weighted by Crippen LogP contribution is 2.15. The average Bonchev–Trinajstić information content (AvgIpc) is 2.30. The first kappa shape index (κ1) is 10.7. The zero-order chi connectivity index (χ0) is 11.4. The molecular formula is C12H15N4+. The van der Waals surface area contributed by atoms with Crippen molar-refractivity contribution in [2.45, 2.75) is 12.7 Å². The van der Waals surface area contributed by atoms with Crippen LogP contribution >= 0.6 is 0 Å². The van der Waals surface area contributed by atoms with Gasteiger partial charge in [-0.2, -0.15) is 0 Å². The van der Waals surface area contributed by atoms with Gasteiger partial charge in [0.25, 0.3) is 0 Å². The Kier molecular flexibility index (Phi) is 3.24. The number of nitrogens with zero attached hydrogens (tertiary/aromatic N) is 2. The van der Waals surface area contributed by atoms with E-state index in [1.54, 1.807) is 12.4 Å². The molecule has 0 aliphatic carbocycles. The van der Waals surface area contributed by atoms with Crippen molar-refractivity contribution < 1.29 is 4.57 Å². The summed E-state index contributed by atoms with van der Waals surface area (Å²) in [6.07, 6.45) is 7.19. The molecule has 0 aliphatic rings. The Labute approximate surface area is 94.5 Å². The van der Waals surface area contributed by atoms with Crippen molar-refractivity contribution in [1.29, 1.82) is 0 Å². The van der Waals surface area contributed by atoms with E-state index in [4.69, 9.17) is 11.5 Å². The molecule has 0 radical (unpaired) electrons. The summed E-state index contributed by atoms with van der Waals surface area (Å²) < 4.78 is 1.97. The molecule has 0 saturated heterocycles. The topological polar surface area (TPSA) is 68.8 Å². The minimum Gasteiger partial charge on any atom is -0.311 e. The summed E-state index contributed by atoms with van der Waals surface area (Å²) in [6.45, 7) is 0.622. The van der Waals surface area contributed by atoms with Crippen LogP contribution < -0.4 is 16.0 Å². The van der Waals surface area contributed by atoms with Crippen LogP contribution in [0.15, 0.2) is 49.1 Å². The Morgan fingerprint density at radius 2 is 1.56 bits per heavy atom. The number of rotatable bonds is 3. The lowest BCUT2D eigenvalue weighted by Crippen LogP contribution is -2.47. The van der Waals surface area contributed by atoms with Crippen molar-refractivity contribution in [2.75, 3.05) is 0 Å². The van der Waals surface area contributed by atoms with Gasteiger partial charge in [0.2, 0.25) is 0 Å². The van der Waals surface area contributed by atoms with Crippen LogP contribution in [0.25, 0.3) is 11.1 Å². The largest absolute Gasteiger partial charge is 0.311 e. The molecule has 4 N–H and O–H groups in total. The van der Waals surface area contributed by atoms with E-state index < -0.39 is 0 Å². The Balaban J connectivity index is 2.20. The monoisotopic (exact) mass is 215 g/mol. The van der Waals surface area contributed by atoms with Crippen LogP contribution in [0, 0.1) is 0 Å². The molecule has 0 fully saturated rings. The van der Waals surface area contributed by atoms with Crippen LogP contribution in [0.2, 0.25) is 0 Å². The fraction of sp³-hybridized carbons (Fsp3) is 0.167. The van der Waals surface area contributed by atoms with E-state index in [-0.39, 0.29) is 6.17 Å². The molecule has 0 amide bonds. The third-order valence-electron chi connectivity index (χ3n) is 2.33. The number of hydrogen-bond acceptors (Lipinski definition) is 3. The van der Waals surface area contributed by atoms with Crippen LogP contribution in [0.3, 0.4) is 0 Å². The van der Waals surface area contributed by atoms with Crippen LogP contribution in [0.5, 0.6) is 0 Å². The van der Waals surface area contributed by atoms with Gasteiger partial charge >= 0.3 is 0 Å². The molecule has 0 aromatic carbocycles. The standard InChI is InChI=1S/C12H15N4/c13-12(14)9-16-7-3-11(4-8-16)10-1-5-15-6-2-10/h1-8,12H,9,13-14H2/q+1. The Bertz CT molecular complexity index is 436. The second-order valence-electron chi connectivity index (χ2n) is 3.68. The van der Waals surface area contributed by atoms with Crippen molar-refractivity contribution in [1.82, 2.24) is 4.98 Å². The molecule has 16 heavy (non-hydrogen) atoms. The molecule has 82 valence electrons. The van der Waals surface area contributed by atoms with Gasteiger partial charge in [0.15, 0.2) is 18.9 Å². The molecule has 4 heteroatoms. The second kappa shape index (κ2) is 4.83. The van der Waals surface area contributed by atoms with Gasteiger partial charge in [-0.05, 0) is 23.3 Å². The lowest BCUT2D eigenvalue weighted by Gasteiger charge is -2.02. The third-order valence-corrected chi connectivity index (χ3v) is 2.33. The Morgan fingerprint density at radius 1 is 1.00 bits per heavy atom. The summed E-state index contributed by atoms with van der Waals surface area (Å²) in [5.41, 5.74) is 13.4. The van der Waals surface area contributed by atoms with Gasteiger partial charge in [-0.1, -0.05) is 0 Å². The summed E-state index contributed by atoms with van der Waals surface area (Å²) in [4.78, 5) is 3.99. The van der Waals surface area contributed by atoms with Crippen LogP contribution in [-0.4, -0.2) is 11.1 Å². The summed E-state index contributed by atoms with van der Waals surface area (Å²) in [5, 5.41) is 0. The van der Waals surface area contributed by atoms with E-state index in [0.717, 1.165) is 11.1 Å². The number of hydrogen-bond donors (Lipinski definition) is 2. The molecule has 0 bridgehead atoms. The third kappa shape index (κ3) is 2.62. The van der Waals surface area contributed by atoms with Crippen molar-refractivity contribution in [3.63, 3.8) is 0 Å². The normalized spacial score (nSPS) is 10.7. The van der Waals surface area contributed by atoms with Gasteiger partial charge in [0.05, 0.1) is 0 Å². The van der Waals surface area contributed by atoms with Gasteiger partial charge in [-0.3, -0.25) is 4.98 Å². The van der Waals surface area contributed by atoms with Crippen molar-refractivity contribution in [2.24, 2.45) is 11.5 Å². The molecule has 0 unspecified atom stereocenters. The highest BCUT2D eigenvalue weighted by molar-refractivity contribution is 5.61. The lowest BCUT2D eigenvalue weighted by molar-refractivity contribution is -0.698. The van der Waals surface area contributed by atoms with Gasteiger partial charge < -0.3 is 11.5 Å². The molecule has 2 aromatic heterocycles. The summed E-state index contributed by atoms with van der Waals surface area (Å²) in [7, 11) is 0. The van der Waals surface area contributed by atoms with E-state index in [2.05, 4.69) is 4.98 Å². The van der Waals surface area contributed by atoms with E-state index in [1.165, 1.54) is 0 Å². The maximum Gasteiger partial charge on any atom is 0.176 e. The molecule has 2 heterocycles. The minimum atomic E-state index is -0.322. The maximum atomic E-state index is 5.52. The van der Waals surface area contributed by atoms with Crippen LogP contribution in [0.4, 0.5) is 0 Å². The predicted molar refractivity (Wildman–Crippen MR) is 62.0 cm³/mol. The molecular weight excluding hydrogens is 200 g/mol. The molecule has 0 saturated carbocycles. The van der Waals surface area contributed by atoms with Crippen LogP contribution in [-0.2, 0) is 6.54 Å². The number of nitrogens with two attached hydrogens (primary N) is 2. The van der Waals surface area contributed by atoms with E-state index in [9.17, 15) is 0 Å². The fourth-order valence-corrected chi connectivity index (χ4v) is 1.56. The highest BCUT2D eigenvalue weighted by Gasteiger charge is 2.05. The van der Waals surface area contributed by atoms with Gasteiger partial charge in [0.1, 0.15) is 6.17 Å². The highest BCUT2D eigenvalue weighted by atomic mass is 15.0. The molecule has 0 atom stereocenters. The first-order valence-electron chi connectivity index (χ1n) is 5.16. The Hall–Kier alpha value is -1.78. The zero-order valence-corrected chi connectivity index (χ0v) is 8.95. The minimum absolute atomic E-state index is 0.322. The van der Waals surface area contributed by atoms with Gasteiger partial charge in [0, 0.05) is 24.5 Å². The first-order valence-corrected chi connectivity index (χ1v) is 5.16.